The zero-order valence-corrected chi connectivity index (χ0v) is 9.06. The normalized spacial score (nSPS) is 13.8. The Morgan fingerprint density at radius 2 is 2.12 bits per heavy atom. The average Bonchev–Trinajstić information content (AvgIpc) is 2.35. The van der Waals surface area contributed by atoms with Crippen LogP contribution in [0.15, 0.2) is 23.3 Å². The second-order valence-corrected chi connectivity index (χ2v) is 3.54. The van der Waals surface area contributed by atoms with Crippen LogP contribution in [0.1, 0.15) is 17.2 Å². The Labute approximate surface area is 97.7 Å². The van der Waals surface area contributed by atoms with Gasteiger partial charge in [-0.25, -0.2) is 0 Å². The molecule has 2 atom stereocenters. The van der Waals surface area contributed by atoms with Crippen LogP contribution in [0.5, 0.6) is 0 Å². The smallest absolute Gasteiger partial charge is 0.105 e. The number of hydrogen-bond donors (Lipinski definition) is 4. The Morgan fingerprint density at radius 1 is 1.41 bits per heavy atom. The lowest BCUT2D eigenvalue weighted by molar-refractivity contribution is 0.0243. The number of nitrogen functional groups attached to an aromatic ring is 1. The molecule has 0 spiro atoms. The van der Waals surface area contributed by atoms with Gasteiger partial charge < -0.3 is 21.1 Å². The van der Waals surface area contributed by atoms with Gasteiger partial charge in [-0.3, -0.25) is 0 Å². The summed E-state index contributed by atoms with van der Waals surface area (Å²) in [5, 5.41) is 31.5. The first-order valence-electron chi connectivity index (χ1n) is 4.96. The van der Waals surface area contributed by atoms with Gasteiger partial charge in [0, 0.05) is 16.2 Å². The van der Waals surface area contributed by atoms with Gasteiger partial charge in [-0.05, 0) is 23.2 Å². The van der Waals surface area contributed by atoms with Crippen molar-refractivity contribution in [3.63, 3.8) is 0 Å². The molecular formula is C10H14N4O3. The number of rotatable bonds is 5. The maximum Gasteiger partial charge on any atom is 0.105 e. The summed E-state index contributed by atoms with van der Waals surface area (Å²) in [5.41, 5.74) is 15.0. The molecule has 7 nitrogen and oxygen atoms in total. The summed E-state index contributed by atoms with van der Waals surface area (Å²) in [7, 11) is 0. The molecule has 0 saturated heterocycles. The van der Waals surface area contributed by atoms with Gasteiger partial charge in [-0.1, -0.05) is 11.2 Å². The molecule has 1 rings (SSSR count). The van der Waals surface area contributed by atoms with Crippen LogP contribution in [-0.2, 0) is 6.61 Å². The van der Waals surface area contributed by atoms with Gasteiger partial charge in [-0.2, -0.15) is 0 Å². The van der Waals surface area contributed by atoms with E-state index < -0.39 is 12.2 Å². The number of aliphatic hydroxyl groups is 3. The quantitative estimate of drug-likeness (QED) is 0.256. The number of benzene rings is 1. The SMILES string of the molecule is [N-]=[N+]=NCC(O)C(O)c1ccc(N)c(CO)c1. The van der Waals surface area contributed by atoms with Crippen molar-refractivity contribution in [3.8, 4) is 0 Å². The molecule has 0 amide bonds. The van der Waals surface area contributed by atoms with E-state index >= 15 is 0 Å². The van der Waals surface area contributed by atoms with Gasteiger partial charge >= 0.3 is 0 Å². The fourth-order valence-electron chi connectivity index (χ4n) is 1.39. The number of nitrogens with two attached hydrogens (primary N) is 1. The number of hydrogen-bond acceptors (Lipinski definition) is 5. The van der Waals surface area contributed by atoms with Crippen molar-refractivity contribution in [2.75, 3.05) is 12.3 Å². The van der Waals surface area contributed by atoms with Crippen molar-refractivity contribution in [3.05, 3.63) is 39.8 Å². The molecule has 92 valence electrons. The van der Waals surface area contributed by atoms with E-state index in [1.165, 1.54) is 12.1 Å². The first-order chi connectivity index (χ1) is 8.10. The molecule has 1 aromatic carbocycles. The average molecular weight is 238 g/mol. The van der Waals surface area contributed by atoms with Crippen LogP contribution in [0, 0.1) is 0 Å². The maximum absolute atomic E-state index is 9.77. The first kappa shape index (κ1) is 13.3. The third kappa shape index (κ3) is 3.33. The van der Waals surface area contributed by atoms with E-state index in [0.29, 0.717) is 16.8 Å². The van der Waals surface area contributed by atoms with Crippen LogP contribution in [0.2, 0.25) is 0 Å². The minimum Gasteiger partial charge on any atom is -0.398 e. The minimum absolute atomic E-state index is 0.226. The topological polar surface area (TPSA) is 135 Å². The second kappa shape index (κ2) is 6.07. The van der Waals surface area contributed by atoms with E-state index in [4.69, 9.17) is 16.4 Å². The Balaban J connectivity index is 2.88. The summed E-state index contributed by atoms with van der Waals surface area (Å²) in [6, 6.07) is 4.57. The molecule has 0 radical (unpaired) electrons. The minimum atomic E-state index is -1.19. The highest BCUT2D eigenvalue weighted by Gasteiger charge is 2.18. The highest BCUT2D eigenvalue weighted by Crippen LogP contribution is 2.22. The third-order valence-corrected chi connectivity index (χ3v) is 2.38. The first-order valence-corrected chi connectivity index (χ1v) is 4.96. The summed E-state index contributed by atoms with van der Waals surface area (Å²) in [6.45, 7) is -0.477. The van der Waals surface area contributed by atoms with Crippen LogP contribution < -0.4 is 5.73 Å². The monoisotopic (exact) mass is 238 g/mol. The van der Waals surface area contributed by atoms with Crippen molar-refractivity contribution >= 4 is 5.69 Å². The molecule has 0 aromatic heterocycles. The molecule has 1 aromatic rings. The fourth-order valence-corrected chi connectivity index (χ4v) is 1.39. The van der Waals surface area contributed by atoms with Crippen LogP contribution in [0.25, 0.3) is 10.4 Å². The van der Waals surface area contributed by atoms with E-state index in [0.717, 1.165) is 0 Å². The van der Waals surface area contributed by atoms with Crippen LogP contribution in [0.4, 0.5) is 5.69 Å². The molecule has 0 bridgehead atoms. The summed E-state index contributed by atoms with van der Waals surface area (Å²) in [4.78, 5) is 2.49. The molecule has 2 unspecified atom stereocenters. The molecule has 0 saturated carbocycles. The maximum atomic E-state index is 9.77. The number of nitrogens with zero attached hydrogens (tertiary/aromatic N) is 3. The summed E-state index contributed by atoms with van der Waals surface area (Å²) in [5.74, 6) is 0. The number of aliphatic hydroxyl groups excluding tert-OH is 3. The summed E-state index contributed by atoms with van der Waals surface area (Å²) < 4.78 is 0. The van der Waals surface area contributed by atoms with Gasteiger partial charge in [0.05, 0.1) is 19.3 Å². The summed E-state index contributed by atoms with van der Waals surface area (Å²) in [6.07, 6.45) is -2.38. The molecule has 0 aliphatic carbocycles. The Hall–Kier alpha value is -1.79. The Bertz CT molecular complexity index is 432. The van der Waals surface area contributed by atoms with Crippen molar-refractivity contribution in [2.24, 2.45) is 5.11 Å². The largest absolute Gasteiger partial charge is 0.398 e. The van der Waals surface area contributed by atoms with E-state index in [2.05, 4.69) is 10.0 Å². The van der Waals surface area contributed by atoms with Gasteiger partial charge in [0.1, 0.15) is 6.10 Å². The van der Waals surface area contributed by atoms with E-state index in [-0.39, 0.29) is 13.2 Å². The lowest BCUT2D eigenvalue weighted by Gasteiger charge is -2.17. The van der Waals surface area contributed by atoms with E-state index in [1.807, 2.05) is 0 Å². The molecule has 0 aliphatic rings. The molecule has 0 heterocycles. The predicted octanol–water partition coefficient (Wildman–Crippen LogP) is 0.466. The van der Waals surface area contributed by atoms with Gasteiger partial charge in [0.2, 0.25) is 0 Å². The molecule has 7 heteroatoms. The van der Waals surface area contributed by atoms with Crippen molar-refractivity contribution in [1.82, 2.24) is 0 Å². The third-order valence-electron chi connectivity index (χ3n) is 2.38. The molecule has 0 fully saturated rings. The lowest BCUT2D eigenvalue weighted by Crippen LogP contribution is -2.21. The molecule has 0 aliphatic heterocycles. The zero-order valence-electron chi connectivity index (χ0n) is 9.06. The van der Waals surface area contributed by atoms with E-state index in [1.54, 1.807) is 6.07 Å². The van der Waals surface area contributed by atoms with Gasteiger partial charge in [0.15, 0.2) is 0 Å². The highest BCUT2D eigenvalue weighted by molar-refractivity contribution is 5.48. The van der Waals surface area contributed by atoms with Crippen molar-refractivity contribution < 1.29 is 15.3 Å². The standard InChI is InChI=1S/C10H14N4O3/c11-8-2-1-6(3-7(8)5-15)10(17)9(16)4-13-14-12/h1-3,9-10,15-17H,4-5,11H2. The van der Waals surface area contributed by atoms with E-state index in [9.17, 15) is 10.2 Å². The molecule has 17 heavy (non-hydrogen) atoms. The Morgan fingerprint density at radius 3 is 2.71 bits per heavy atom. The van der Waals surface area contributed by atoms with Gasteiger partial charge in [-0.15, -0.1) is 0 Å². The predicted molar refractivity (Wildman–Crippen MR) is 61.8 cm³/mol. The molecule has 5 N–H and O–H groups in total. The lowest BCUT2D eigenvalue weighted by atomic mass is 10.0. The number of azide groups is 1. The van der Waals surface area contributed by atoms with Crippen molar-refractivity contribution in [1.29, 1.82) is 0 Å². The Kier molecular flexibility index (Phi) is 4.74. The zero-order chi connectivity index (χ0) is 12.8. The van der Waals surface area contributed by atoms with Gasteiger partial charge in [0.25, 0.3) is 0 Å². The van der Waals surface area contributed by atoms with Crippen LogP contribution in [-0.4, -0.2) is 28.0 Å². The molecular weight excluding hydrogens is 224 g/mol. The van der Waals surface area contributed by atoms with Crippen LogP contribution in [0.3, 0.4) is 0 Å². The highest BCUT2D eigenvalue weighted by atomic mass is 16.3. The van der Waals surface area contributed by atoms with Crippen molar-refractivity contribution in [2.45, 2.75) is 18.8 Å². The second-order valence-electron chi connectivity index (χ2n) is 3.54. The summed E-state index contributed by atoms with van der Waals surface area (Å²) >= 11 is 0. The number of anilines is 1. The van der Waals surface area contributed by atoms with Crippen LogP contribution >= 0.6 is 0 Å². The fraction of sp³-hybridized carbons (Fsp3) is 0.400.